The van der Waals surface area contributed by atoms with E-state index in [0.717, 1.165) is 0 Å². The maximum atomic E-state index is 17.0. The molecule has 49 heavy (non-hydrogen) atoms. The number of aromatic nitrogens is 3. The van der Waals surface area contributed by atoms with Crippen LogP contribution >= 0.6 is 0 Å². The summed E-state index contributed by atoms with van der Waals surface area (Å²) in [5.41, 5.74) is 0.710. The monoisotopic (exact) mass is 672 g/mol. The number of piperidine rings is 1. The predicted molar refractivity (Wildman–Crippen MR) is 191 cm³/mol. The topological polar surface area (TPSA) is 98.4 Å². The standard InChI is InChI=1S/C39H49FN4O5/c1-10-23-47-38(8)19-21-43(22-20-38)35-32(33(36(45)46)49-37(5,6)7)26(4)41-31-24-30(42-44(31)35)39(9)18-14-16-28(34(39)40)27-15-12-13-17-29(27)48-25(3)11-2/h10-18,24-25,33-34H,1-2,19-23H2,3-9H3,(H,45,46)/t25-,33?,34?,39?/m0/s1. The quantitative estimate of drug-likeness (QED) is 0.195. The van der Waals surface area contributed by atoms with E-state index in [1.165, 1.54) is 0 Å². The number of carboxylic acids is 1. The average molecular weight is 673 g/mol. The Hall–Kier alpha value is -4.28. The van der Waals surface area contributed by atoms with Gasteiger partial charge < -0.3 is 24.2 Å². The number of fused-ring (bicyclic) bond motifs is 1. The summed E-state index contributed by atoms with van der Waals surface area (Å²) in [6, 6.07) is 9.20. The van der Waals surface area contributed by atoms with E-state index in [9.17, 15) is 9.90 Å². The van der Waals surface area contributed by atoms with Crippen molar-refractivity contribution in [2.75, 3.05) is 24.6 Å². The Bertz CT molecular complexity index is 1780. The normalized spacial score (nSPS) is 22.0. The Morgan fingerprint density at radius 2 is 1.90 bits per heavy atom. The molecule has 10 heteroatoms. The molecule has 5 rings (SSSR count). The third kappa shape index (κ3) is 7.35. The third-order valence-corrected chi connectivity index (χ3v) is 9.34. The van der Waals surface area contributed by atoms with Gasteiger partial charge in [-0.3, -0.25) is 0 Å². The number of para-hydroxylation sites is 1. The molecule has 0 spiro atoms. The molecule has 2 aromatic heterocycles. The fourth-order valence-corrected chi connectivity index (χ4v) is 6.51. The molecule has 0 amide bonds. The number of anilines is 1. The first-order chi connectivity index (χ1) is 23.1. The largest absolute Gasteiger partial charge is 0.486 e. The van der Waals surface area contributed by atoms with Gasteiger partial charge in [0.25, 0.3) is 0 Å². The zero-order valence-electron chi connectivity index (χ0n) is 29.7. The molecule has 0 saturated carbocycles. The van der Waals surface area contributed by atoms with Gasteiger partial charge in [-0.25, -0.2) is 14.2 Å². The second-order valence-electron chi connectivity index (χ2n) is 14.4. The summed E-state index contributed by atoms with van der Waals surface area (Å²) in [6.07, 6.45) is 7.21. The number of carbonyl (C=O) groups is 1. The summed E-state index contributed by atoms with van der Waals surface area (Å²) in [4.78, 5) is 19.8. The Kier molecular flexibility index (Phi) is 10.2. The van der Waals surface area contributed by atoms with Gasteiger partial charge in [-0.1, -0.05) is 55.2 Å². The molecule has 262 valence electrons. The zero-order chi connectivity index (χ0) is 35.7. The predicted octanol–water partition coefficient (Wildman–Crippen LogP) is 7.74. The molecular weight excluding hydrogens is 623 g/mol. The van der Waals surface area contributed by atoms with Crippen LogP contribution in [0.2, 0.25) is 0 Å². The third-order valence-electron chi connectivity index (χ3n) is 9.34. The van der Waals surface area contributed by atoms with Gasteiger partial charge in [0.1, 0.15) is 23.8 Å². The summed E-state index contributed by atoms with van der Waals surface area (Å²) in [5, 5.41) is 15.5. The number of rotatable bonds is 12. The Labute approximate surface area is 288 Å². The number of nitrogens with zero attached hydrogens (tertiary/aromatic N) is 4. The van der Waals surface area contributed by atoms with Gasteiger partial charge in [-0.15, -0.1) is 6.58 Å². The minimum Gasteiger partial charge on any atom is -0.486 e. The highest BCUT2D eigenvalue weighted by molar-refractivity contribution is 5.79. The van der Waals surface area contributed by atoms with Crippen molar-refractivity contribution in [3.63, 3.8) is 0 Å². The summed E-state index contributed by atoms with van der Waals surface area (Å²) >= 11 is 0. The van der Waals surface area contributed by atoms with Crippen LogP contribution in [0.25, 0.3) is 11.2 Å². The molecule has 1 aromatic carbocycles. The van der Waals surface area contributed by atoms with Crippen molar-refractivity contribution in [3.05, 3.63) is 96.4 Å². The minimum absolute atomic E-state index is 0.260. The maximum absolute atomic E-state index is 17.0. The molecule has 0 radical (unpaired) electrons. The molecule has 1 aliphatic carbocycles. The van der Waals surface area contributed by atoms with E-state index in [-0.39, 0.29) is 11.7 Å². The lowest BCUT2D eigenvalue weighted by atomic mass is 9.74. The van der Waals surface area contributed by atoms with Gasteiger partial charge in [0.15, 0.2) is 11.8 Å². The van der Waals surface area contributed by atoms with Crippen molar-refractivity contribution in [1.82, 2.24) is 14.6 Å². The molecule has 3 aromatic rings. The number of alkyl halides is 1. The number of benzene rings is 1. The molecule has 1 saturated heterocycles. The highest BCUT2D eigenvalue weighted by Gasteiger charge is 2.43. The van der Waals surface area contributed by atoms with Crippen molar-refractivity contribution in [1.29, 1.82) is 0 Å². The lowest BCUT2D eigenvalue weighted by molar-refractivity contribution is -0.160. The van der Waals surface area contributed by atoms with Crippen LogP contribution in [0.1, 0.15) is 83.0 Å². The molecule has 1 fully saturated rings. The van der Waals surface area contributed by atoms with E-state index in [0.29, 0.717) is 77.8 Å². The molecule has 0 bridgehead atoms. The summed E-state index contributed by atoms with van der Waals surface area (Å²) in [6.45, 7) is 22.2. The number of hydrogen-bond donors (Lipinski definition) is 1. The average Bonchev–Trinajstić information content (AvgIpc) is 3.48. The number of carboxylic acid groups (broad SMARTS) is 1. The van der Waals surface area contributed by atoms with Crippen LogP contribution in [0, 0.1) is 6.92 Å². The van der Waals surface area contributed by atoms with Crippen LogP contribution in [0.15, 0.2) is 73.9 Å². The van der Waals surface area contributed by atoms with Crippen LogP contribution in [0.3, 0.4) is 0 Å². The van der Waals surface area contributed by atoms with Crippen molar-refractivity contribution < 1.29 is 28.5 Å². The number of hydrogen-bond acceptors (Lipinski definition) is 7. The maximum Gasteiger partial charge on any atom is 0.337 e. The van der Waals surface area contributed by atoms with Crippen molar-refractivity contribution >= 4 is 23.0 Å². The van der Waals surface area contributed by atoms with Crippen LogP contribution in [-0.4, -0.2) is 68.8 Å². The highest BCUT2D eigenvalue weighted by Crippen LogP contribution is 2.45. The number of aliphatic carboxylic acids is 1. The number of allylic oxidation sites excluding steroid dienone is 4. The van der Waals surface area contributed by atoms with Crippen LogP contribution < -0.4 is 9.64 Å². The number of ether oxygens (including phenoxy) is 3. The fourth-order valence-electron chi connectivity index (χ4n) is 6.51. The van der Waals surface area contributed by atoms with Crippen molar-refractivity contribution in [3.8, 4) is 5.75 Å². The summed E-state index contributed by atoms with van der Waals surface area (Å²) < 4.78 is 37.1. The molecular formula is C39H49FN4O5. The lowest BCUT2D eigenvalue weighted by Gasteiger charge is -2.41. The summed E-state index contributed by atoms with van der Waals surface area (Å²) in [5.74, 6) is 0.00712. The molecule has 1 aliphatic heterocycles. The second kappa shape index (κ2) is 13.9. The number of aryl methyl sites for hydroxylation is 1. The van der Waals surface area contributed by atoms with Crippen LogP contribution in [-0.2, 0) is 19.7 Å². The van der Waals surface area contributed by atoms with Crippen molar-refractivity contribution in [2.45, 2.75) is 96.3 Å². The van der Waals surface area contributed by atoms with E-state index in [1.807, 2.05) is 71.0 Å². The van der Waals surface area contributed by atoms with Gasteiger partial charge in [-0.05, 0) is 72.9 Å². The zero-order valence-corrected chi connectivity index (χ0v) is 29.7. The smallest absolute Gasteiger partial charge is 0.337 e. The van der Waals surface area contributed by atoms with E-state index < -0.39 is 29.3 Å². The molecule has 2 aliphatic rings. The molecule has 4 atom stereocenters. The first kappa shape index (κ1) is 36.0. The van der Waals surface area contributed by atoms with E-state index in [2.05, 4.69) is 25.0 Å². The first-order valence-corrected chi connectivity index (χ1v) is 16.8. The van der Waals surface area contributed by atoms with Gasteiger partial charge in [0.05, 0.1) is 34.5 Å². The Morgan fingerprint density at radius 1 is 1.20 bits per heavy atom. The minimum atomic E-state index is -1.48. The lowest BCUT2D eigenvalue weighted by Crippen LogP contribution is -2.45. The molecule has 3 unspecified atom stereocenters. The van der Waals surface area contributed by atoms with Gasteiger partial charge in [-0.2, -0.15) is 9.61 Å². The molecule has 9 nitrogen and oxygen atoms in total. The molecule has 3 heterocycles. The van der Waals surface area contributed by atoms with Crippen LogP contribution in [0.5, 0.6) is 5.75 Å². The number of halogens is 1. The summed E-state index contributed by atoms with van der Waals surface area (Å²) in [7, 11) is 0. The van der Waals surface area contributed by atoms with Crippen molar-refractivity contribution in [2.24, 2.45) is 0 Å². The van der Waals surface area contributed by atoms with E-state index >= 15 is 4.39 Å². The van der Waals surface area contributed by atoms with Gasteiger partial charge in [0, 0.05) is 30.4 Å². The first-order valence-electron chi connectivity index (χ1n) is 16.8. The van der Waals surface area contributed by atoms with Crippen LogP contribution in [0.4, 0.5) is 10.2 Å². The SMILES string of the molecule is C=CCOC1(C)CCN(c2c(C(OC(C)(C)C)C(=O)O)c(C)nc3cc(C4(C)C=CC=C(c5ccccc5O[C@@H](C)C=C)C4F)nn23)CC1. The second-order valence-corrected chi connectivity index (χ2v) is 14.4. The fraction of sp³-hybridized carbons (Fsp3) is 0.462. The van der Waals surface area contributed by atoms with E-state index in [1.54, 1.807) is 35.7 Å². The molecule has 1 N–H and O–H groups in total. The Balaban J connectivity index is 1.63. The van der Waals surface area contributed by atoms with Gasteiger partial charge >= 0.3 is 5.97 Å². The van der Waals surface area contributed by atoms with Gasteiger partial charge in [0.2, 0.25) is 0 Å². The Morgan fingerprint density at radius 3 is 2.53 bits per heavy atom. The highest BCUT2D eigenvalue weighted by atomic mass is 19.1. The van der Waals surface area contributed by atoms with E-state index in [4.69, 9.17) is 24.3 Å².